The number of rotatable bonds is 8. The number of alkyl carbamates (subject to hydrolysis) is 1. The van der Waals surface area contributed by atoms with Crippen molar-refractivity contribution in [2.45, 2.75) is 58.2 Å². The molecule has 158 valence electrons. The van der Waals surface area contributed by atoms with Gasteiger partial charge < -0.3 is 21.1 Å². The summed E-state index contributed by atoms with van der Waals surface area (Å²) in [5.41, 5.74) is 6.30. The van der Waals surface area contributed by atoms with Gasteiger partial charge in [0.05, 0.1) is 0 Å². The highest BCUT2D eigenvalue weighted by molar-refractivity contribution is 5.91. The molecule has 0 saturated heterocycles. The third-order valence-electron chi connectivity index (χ3n) is 5.03. The molecule has 3 atom stereocenters. The largest absolute Gasteiger partial charge is 0.445 e. The van der Waals surface area contributed by atoms with Crippen LogP contribution in [-0.2, 0) is 25.7 Å². The van der Waals surface area contributed by atoms with Crippen molar-refractivity contribution >= 4 is 23.7 Å². The van der Waals surface area contributed by atoms with E-state index in [-0.39, 0.29) is 30.6 Å². The van der Waals surface area contributed by atoms with Crippen molar-refractivity contribution in [2.24, 2.45) is 17.6 Å². The molecule has 1 aliphatic rings. The molecule has 1 aromatic rings. The number of amides is 3. The predicted octanol–water partition coefficient (Wildman–Crippen LogP) is 1.67. The van der Waals surface area contributed by atoms with Crippen molar-refractivity contribution < 1.29 is 23.9 Å². The van der Waals surface area contributed by atoms with Crippen LogP contribution in [0.15, 0.2) is 30.3 Å². The lowest BCUT2D eigenvalue weighted by atomic mass is 9.82. The number of nitrogens with one attached hydrogen (secondary N) is 2. The van der Waals surface area contributed by atoms with E-state index in [1.54, 1.807) is 13.8 Å². The minimum absolute atomic E-state index is 0.0600. The molecular weight excluding hydrogens is 374 g/mol. The van der Waals surface area contributed by atoms with E-state index in [4.69, 9.17) is 10.5 Å². The molecule has 0 spiro atoms. The lowest BCUT2D eigenvalue weighted by molar-refractivity contribution is -0.132. The third-order valence-corrected chi connectivity index (χ3v) is 5.03. The molecule has 3 amide bonds. The Morgan fingerprint density at radius 3 is 2.45 bits per heavy atom. The number of carbonyl (C=O) groups excluding carboxylic acids is 4. The second-order valence-corrected chi connectivity index (χ2v) is 7.71. The summed E-state index contributed by atoms with van der Waals surface area (Å²) in [5.74, 6) is -1.73. The summed E-state index contributed by atoms with van der Waals surface area (Å²) >= 11 is 0. The maximum Gasteiger partial charge on any atom is 0.408 e. The summed E-state index contributed by atoms with van der Waals surface area (Å²) in [7, 11) is 0. The number of benzene rings is 1. The molecule has 8 nitrogen and oxygen atoms in total. The molecule has 0 radical (unpaired) electrons. The maximum absolute atomic E-state index is 12.8. The van der Waals surface area contributed by atoms with Crippen LogP contribution in [0.4, 0.5) is 4.79 Å². The normalized spacial score (nSPS) is 18.6. The van der Waals surface area contributed by atoms with E-state index in [0.717, 1.165) is 5.56 Å². The summed E-state index contributed by atoms with van der Waals surface area (Å²) in [6.07, 6.45) is 1.28. The van der Waals surface area contributed by atoms with Crippen LogP contribution in [0.2, 0.25) is 0 Å². The van der Waals surface area contributed by atoms with Crippen LogP contribution in [0.25, 0.3) is 0 Å². The van der Waals surface area contributed by atoms with Crippen LogP contribution in [0, 0.1) is 11.8 Å². The Hall–Kier alpha value is -2.90. The Balaban J connectivity index is 1.96. The zero-order valence-electron chi connectivity index (χ0n) is 16.9. The van der Waals surface area contributed by atoms with Gasteiger partial charge in [-0.1, -0.05) is 44.2 Å². The fraction of sp³-hybridized carbons (Fsp3) is 0.524. The van der Waals surface area contributed by atoms with Crippen LogP contribution in [0.5, 0.6) is 0 Å². The standard InChI is InChI=1S/C21H29N3O5/c1-13(2)17(24-21(28)29-12-14-7-4-3-5-8-14)20(27)23-18(19(22)26)15-9-6-10-16(25)11-15/h3-5,7-8,13,15,17-18H,6,9-12H2,1-2H3,(H2,22,26)(H,23,27)(H,24,28)/t15-,17+,18-/m0/s1. The highest BCUT2D eigenvalue weighted by atomic mass is 16.5. The minimum Gasteiger partial charge on any atom is -0.445 e. The molecule has 1 fully saturated rings. The minimum atomic E-state index is -0.949. The van der Waals surface area contributed by atoms with Crippen molar-refractivity contribution in [1.82, 2.24) is 10.6 Å². The summed E-state index contributed by atoms with van der Waals surface area (Å²) in [6, 6.07) is 7.32. The molecule has 0 heterocycles. The Bertz CT molecular complexity index is 735. The highest BCUT2D eigenvalue weighted by Gasteiger charge is 2.34. The van der Waals surface area contributed by atoms with E-state index in [9.17, 15) is 19.2 Å². The molecule has 0 unspecified atom stereocenters. The first kappa shape index (κ1) is 22.4. The third kappa shape index (κ3) is 6.89. The fourth-order valence-electron chi connectivity index (χ4n) is 3.43. The molecule has 0 bridgehead atoms. The summed E-state index contributed by atoms with van der Waals surface area (Å²) in [6.45, 7) is 3.61. The van der Waals surface area contributed by atoms with Gasteiger partial charge in [0.1, 0.15) is 24.5 Å². The van der Waals surface area contributed by atoms with Crippen LogP contribution in [-0.4, -0.2) is 35.8 Å². The van der Waals surface area contributed by atoms with Gasteiger partial charge >= 0.3 is 6.09 Å². The van der Waals surface area contributed by atoms with E-state index in [1.807, 2.05) is 30.3 Å². The monoisotopic (exact) mass is 403 g/mol. The van der Waals surface area contributed by atoms with E-state index < -0.39 is 30.0 Å². The van der Waals surface area contributed by atoms with E-state index in [0.29, 0.717) is 19.3 Å². The lowest BCUT2D eigenvalue weighted by Crippen LogP contribution is -2.57. The van der Waals surface area contributed by atoms with Crippen molar-refractivity contribution in [2.75, 3.05) is 0 Å². The Kier molecular flexibility index (Phi) is 8.18. The average Bonchev–Trinajstić information content (AvgIpc) is 2.68. The van der Waals surface area contributed by atoms with Crippen LogP contribution >= 0.6 is 0 Å². The van der Waals surface area contributed by atoms with Gasteiger partial charge in [0, 0.05) is 12.8 Å². The van der Waals surface area contributed by atoms with Gasteiger partial charge in [0.2, 0.25) is 11.8 Å². The first-order chi connectivity index (χ1) is 13.8. The molecule has 4 N–H and O–H groups in total. The zero-order chi connectivity index (χ0) is 21.4. The molecule has 2 rings (SSSR count). The van der Waals surface area contributed by atoms with E-state index in [2.05, 4.69) is 10.6 Å². The summed E-state index contributed by atoms with van der Waals surface area (Å²) in [5, 5.41) is 5.18. The van der Waals surface area contributed by atoms with Gasteiger partial charge in [0.25, 0.3) is 0 Å². The van der Waals surface area contributed by atoms with Crippen molar-refractivity contribution in [1.29, 1.82) is 0 Å². The molecule has 1 aliphatic carbocycles. The number of ketones is 1. The van der Waals surface area contributed by atoms with Gasteiger partial charge in [-0.05, 0) is 30.2 Å². The van der Waals surface area contributed by atoms with Crippen LogP contribution in [0.3, 0.4) is 0 Å². The van der Waals surface area contributed by atoms with E-state index >= 15 is 0 Å². The van der Waals surface area contributed by atoms with Gasteiger partial charge in [-0.15, -0.1) is 0 Å². The van der Waals surface area contributed by atoms with E-state index in [1.165, 1.54) is 0 Å². The number of nitrogens with two attached hydrogens (primary N) is 1. The summed E-state index contributed by atoms with van der Waals surface area (Å²) < 4.78 is 5.18. The quantitative estimate of drug-likeness (QED) is 0.608. The number of hydrogen-bond donors (Lipinski definition) is 3. The van der Waals surface area contributed by atoms with Crippen molar-refractivity contribution in [3.05, 3.63) is 35.9 Å². The Morgan fingerprint density at radius 1 is 1.17 bits per heavy atom. The zero-order valence-corrected chi connectivity index (χ0v) is 16.9. The highest BCUT2D eigenvalue weighted by Crippen LogP contribution is 2.24. The molecule has 8 heteroatoms. The number of carbonyl (C=O) groups is 4. The maximum atomic E-state index is 12.8. The predicted molar refractivity (Wildman–Crippen MR) is 106 cm³/mol. The molecule has 1 saturated carbocycles. The Morgan fingerprint density at radius 2 is 1.86 bits per heavy atom. The fourth-order valence-corrected chi connectivity index (χ4v) is 3.43. The van der Waals surface area contributed by atoms with Crippen molar-refractivity contribution in [3.63, 3.8) is 0 Å². The average molecular weight is 403 g/mol. The van der Waals surface area contributed by atoms with Gasteiger partial charge in [-0.2, -0.15) is 0 Å². The van der Waals surface area contributed by atoms with Gasteiger partial charge in [-0.3, -0.25) is 14.4 Å². The lowest BCUT2D eigenvalue weighted by Gasteiger charge is -2.30. The first-order valence-corrected chi connectivity index (χ1v) is 9.86. The number of ether oxygens (including phenoxy) is 1. The SMILES string of the molecule is CC(C)[C@@H](NC(=O)OCc1ccccc1)C(=O)N[C@H](C(N)=O)[C@H]1CCCC(=O)C1. The first-order valence-electron chi connectivity index (χ1n) is 9.86. The van der Waals surface area contributed by atoms with Gasteiger partial charge in [-0.25, -0.2) is 4.79 Å². The summed E-state index contributed by atoms with van der Waals surface area (Å²) in [4.78, 5) is 48.5. The second kappa shape index (κ2) is 10.6. The molecule has 1 aromatic carbocycles. The number of Topliss-reactive ketones (excluding diaryl/α,β-unsaturated/α-hetero) is 1. The van der Waals surface area contributed by atoms with Crippen LogP contribution < -0.4 is 16.4 Å². The van der Waals surface area contributed by atoms with Crippen LogP contribution in [0.1, 0.15) is 45.1 Å². The molecule has 0 aliphatic heterocycles. The molecule has 0 aromatic heterocycles. The number of hydrogen-bond acceptors (Lipinski definition) is 5. The van der Waals surface area contributed by atoms with Gasteiger partial charge in [0.15, 0.2) is 0 Å². The molecular formula is C21H29N3O5. The Labute approximate surface area is 170 Å². The number of primary amides is 1. The topological polar surface area (TPSA) is 128 Å². The molecule has 29 heavy (non-hydrogen) atoms. The smallest absolute Gasteiger partial charge is 0.408 e. The second-order valence-electron chi connectivity index (χ2n) is 7.71. The van der Waals surface area contributed by atoms with Crippen molar-refractivity contribution in [3.8, 4) is 0 Å².